The Labute approximate surface area is 122 Å². The number of halogens is 2. The zero-order chi connectivity index (χ0) is 14.4. The van der Waals surface area contributed by atoms with Crippen molar-refractivity contribution in [2.24, 2.45) is 5.10 Å². The van der Waals surface area contributed by atoms with E-state index in [0.29, 0.717) is 9.50 Å². The van der Waals surface area contributed by atoms with Crippen molar-refractivity contribution in [2.45, 2.75) is 0 Å². The number of carbonyl (C=O) groups excluding carboxylic acids is 1. The largest absolute Gasteiger partial charge is 0.465 e. The normalized spacial score (nSPS) is 8.89. The fraction of sp³-hybridized carbons (Fsp3) is 0.0909. The van der Waals surface area contributed by atoms with Crippen molar-refractivity contribution in [1.82, 2.24) is 0 Å². The summed E-state index contributed by atoms with van der Waals surface area (Å²) in [4.78, 5) is 11.6. The van der Waals surface area contributed by atoms with Gasteiger partial charge in [-0.05, 0) is 28.1 Å². The molecule has 0 spiro atoms. The van der Waals surface area contributed by atoms with Crippen LogP contribution in [0.5, 0.6) is 0 Å². The molecular formula is C11H6BrClN4O2. The van der Waals surface area contributed by atoms with Gasteiger partial charge in [0.15, 0.2) is 0 Å². The minimum atomic E-state index is -0.628. The molecule has 0 fully saturated rings. The second kappa shape index (κ2) is 6.74. The van der Waals surface area contributed by atoms with Gasteiger partial charge in [0.05, 0.1) is 18.4 Å². The number of hydrogen-bond acceptors (Lipinski definition) is 6. The van der Waals surface area contributed by atoms with E-state index in [-0.39, 0.29) is 17.0 Å². The van der Waals surface area contributed by atoms with E-state index in [1.54, 1.807) is 12.1 Å². The third-order valence-corrected chi connectivity index (χ3v) is 2.80. The van der Waals surface area contributed by atoms with Gasteiger partial charge in [-0.25, -0.2) is 4.79 Å². The van der Waals surface area contributed by atoms with Crippen LogP contribution in [0.15, 0.2) is 21.7 Å². The number of benzene rings is 1. The Morgan fingerprint density at radius 3 is 2.63 bits per heavy atom. The Morgan fingerprint density at radius 2 is 2.11 bits per heavy atom. The first-order valence-corrected chi connectivity index (χ1v) is 5.91. The molecular weight excluding hydrogens is 336 g/mol. The van der Waals surface area contributed by atoms with Gasteiger partial charge in [-0.15, -0.1) is 0 Å². The predicted molar refractivity (Wildman–Crippen MR) is 72.8 cm³/mol. The zero-order valence-corrected chi connectivity index (χ0v) is 11.9. The predicted octanol–water partition coefficient (Wildman–Crippen LogP) is 2.70. The zero-order valence-electron chi connectivity index (χ0n) is 9.57. The Morgan fingerprint density at radius 1 is 1.47 bits per heavy atom. The number of nitrogens with zero attached hydrogens (tertiary/aromatic N) is 3. The second-order valence-corrected chi connectivity index (χ2v) is 4.39. The molecule has 0 unspecified atom stereocenters. The van der Waals surface area contributed by atoms with Crippen molar-refractivity contribution in [3.8, 4) is 12.1 Å². The summed E-state index contributed by atoms with van der Waals surface area (Å²) in [5, 5.41) is 21.0. The van der Waals surface area contributed by atoms with Crippen LogP contribution in [0.4, 0.5) is 5.69 Å². The molecule has 0 amide bonds. The molecule has 1 aromatic rings. The van der Waals surface area contributed by atoms with Gasteiger partial charge in [0.25, 0.3) is 0 Å². The molecule has 96 valence electrons. The van der Waals surface area contributed by atoms with Gasteiger partial charge in [0.1, 0.15) is 12.1 Å². The van der Waals surface area contributed by atoms with Crippen LogP contribution in [0.3, 0.4) is 0 Å². The third kappa shape index (κ3) is 3.68. The molecule has 1 aromatic carbocycles. The number of nitriles is 2. The van der Waals surface area contributed by atoms with Gasteiger partial charge < -0.3 is 4.74 Å². The lowest BCUT2D eigenvalue weighted by Crippen LogP contribution is -2.07. The molecule has 19 heavy (non-hydrogen) atoms. The fourth-order valence-corrected chi connectivity index (χ4v) is 2.04. The highest BCUT2D eigenvalue weighted by atomic mass is 79.9. The number of rotatable bonds is 3. The Hall–Kier alpha value is -2.09. The molecule has 0 saturated heterocycles. The van der Waals surface area contributed by atoms with Crippen LogP contribution in [0.1, 0.15) is 10.4 Å². The summed E-state index contributed by atoms with van der Waals surface area (Å²) in [5.41, 5.74) is 2.46. The van der Waals surface area contributed by atoms with Gasteiger partial charge >= 0.3 is 5.97 Å². The number of methoxy groups -OCH3 is 1. The number of ether oxygens (including phenoxy) is 1. The van der Waals surface area contributed by atoms with E-state index in [1.165, 1.54) is 19.2 Å². The smallest absolute Gasteiger partial charge is 0.340 e. The number of carbonyl (C=O) groups is 1. The lowest BCUT2D eigenvalue weighted by molar-refractivity contribution is 0.0601. The standard InChI is InChI=1S/C11H6BrClN4O2/c1-19-11(18)8-2-6(13)3-9(12)10(8)17-16-7(4-14)5-15/h2-3,17H,1H3. The molecule has 0 aromatic heterocycles. The molecule has 0 saturated carbocycles. The summed E-state index contributed by atoms with van der Waals surface area (Å²) < 4.78 is 5.05. The molecule has 0 heterocycles. The fourth-order valence-electron chi connectivity index (χ4n) is 1.14. The molecule has 0 atom stereocenters. The van der Waals surface area contributed by atoms with E-state index in [0.717, 1.165) is 0 Å². The summed E-state index contributed by atoms with van der Waals surface area (Å²) in [6.07, 6.45) is 0. The topological polar surface area (TPSA) is 98.3 Å². The van der Waals surface area contributed by atoms with Gasteiger partial charge in [-0.1, -0.05) is 11.6 Å². The molecule has 1 N–H and O–H groups in total. The Bertz CT molecular complexity index is 615. The van der Waals surface area contributed by atoms with E-state index in [9.17, 15) is 4.79 Å². The minimum absolute atomic E-state index is 0.126. The van der Waals surface area contributed by atoms with E-state index >= 15 is 0 Å². The van der Waals surface area contributed by atoms with Gasteiger partial charge in [0, 0.05) is 9.50 Å². The van der Waals surface area contributed by atoms with Crippen LogP contribution in [0, 0.1) is 22.7 Å². The highest BCUT2D eigenvalue weighted by molar-refractivity contribution is 9.10. The van der Waals surface area contributed by atoms with Crippen molar-refractivity contribution in [2.75, 3.05) is 12.5 Å². The molecule has 0 radical (unpaired) electrons. The summed E-state index contributed by atoms with van der Waals surface area (Å²) in [6.45, 7) is 0. The summed E-state index contributed by atoms with van der Waals surface area (Å²) in [5.74, 6) is -0.628. The third-order valence-electron chi connectivity index (χ3n) is 1.95. The van der Waals surface area contributed by atoms with Gasteiger partial charge in [-0.3, -0.25) is 5.43 Å². The second-order valence-electron chi connectivity index (χ2n) is 3.10. The molecule has 6 nitrogen and oxygen atoms in total. The first-order chi connectivity index (χ1) is 9.03. The Balaban J connectivity index is 3.28. The monoisotopic (exact) mass is 340 g/mol. The Kier molecular flexibility index (Phi) is 5.31. The van der Waals surface area contributed by atoms with E-state index in [4.69, 9.17) is 22.1 Å². The molecule has 0 bridgehead atoms. The van der Waals surface area contributed by atoms with Crippen molar-refractivity contribution >= 4 is 44.9 Å². The SMILES string of the molecule is COC(=O)c1cc(Cl)cc(Br)c1NN=C(C#N)C#N. The average molecular weight is 342 g/mol. The van der Waals surface area contributed by atoms with Crippen molar-refractivity contribution in [3.05, 3.63) is 27.2 Å². The molecule has 0 aliphatic heterocycles. The number of esters is 1. The summed E-state index contributed by atoms with van der Waals surface area (Å²) >= 11 is 9.03. The highest BCUT2D eigenvalue weighted by Gasteiger charge is 2.16. The van der Waals surface area contributed by atoms with E-state index in [1.807, 2.05) is 0 Å². The number of hydrogen-bond donors (Lipinski definition) is 1. The van der Waals surface area contributed by atoms with Crippen molar-refractivity contribution in [3.63, 3.8) is 0 Å². The number of hydrazone groups is 1. The lowest BCUT2D eigenvalue weighted by atomic mass is 10.2. The molecule has 8 heteroatoms. The first-order valence-electron chi connectivity index (χ1n) is 4.74. The van der Waals surface area contributed by atoms with E-state index < -0.39 is 5.97 Å². The molecule has 1 rings (SSSR count). The van der Waals surface area contributed by atoms with Gasteiger partial charge in [-0.2, -0.15) is 15.6 Å². The lowest BCUT2D eigenvalue weighted by Gasteiger charge is -2.09. The maximum absolute atomic E-state index is 11.6. The van der Waals surface area contributed by atoms with Crippen LogP contribution >= 0.6 is 27.5 Å². The minimum Gasteiger partial charge on any atom is -0.465 e. The average Bonchev–Trinajstić information content (AvgIpc) is 2.40. The summed E-state index contributed by atoms with van der Waals surface area (Å²) in [7, 11) is 1.22. The van der Waals surface area contributed by atoms with E-state index in [2.05, 4.69) is 31.2 Å². The maximum atomic E-state index is 11.6. The van der Waals surface area contributed by atoms with Crippen LogP contribution < -0.4 is 5.43 Å². The van der Waals surface area contributed by atoms with Crippen molar-refractivity contribution in [1.29, 1.82) is 10.5 Å². The highest BCUT2D eigenvalue weighted by Crippen LogP contribution is 2.31. The van der Waals surface area contributed by atoms with Gasteiger partial charge in [0.2, 0.25) is 5.71 Å². The quantitative estimate of drug-likeness (QED) is 0.518. The number of nitrogens with one attached hydrogen (secondary N) is 1. The first kappa shape index (κ1) is 15.0. The van der Waals surface area contributed by atoms with Crippen LogP contribution in [-0.2, 0) is 4.74 Å². The molecule has 0 aliphatic carbocycles. The van der Waals surface area contributed by atoms with Crippen LogP contribution in [0.25, 0.3) is 0 Å². The van der Waals surface area contributed by atoms with Crippen LogP contribution in [0.2, 0.25) is 5.02 Å². The molecule has 0 aliphatic rings. The summed E-state index contributed by atoms with van der Waals surface area (Å²) in [6, 6.07) is 6.08. The van der Waals surface area contributed by atoms with Crippen molar-refractivity contribution < 1.29 is 9.53 Å². The maximum Gasteiger partial charge on any atom is 0.340 e. The number of anilines is 1. The van der Waals surface area contributed by atoms with Crippen LogP contribution in [-0.4, -0.2) is 18.8 Å².